The van der Waals surface area contributed by atoms with Gasteiger partial charge in [-0.3, -0.25) is 14.4 Å². The third-order valence-corrected chi connectivity index (χ3v) is 6.08. The minimum atomic E-state index is -0.522. The number of nitrogens with zero attached hydrogens (tertiary/aromatic N) is 1. The lowest BCUT2D eigenvalue weighted by atomic mass is 10.1. The van der Waals surface area contributed by atoms with Crippen LogP contribution in [0.5, 0.6) is 0 Å². The van der Waals surface area contributed by atoms with Crippen LogP contribution in [0.15, 0.2) is 35.7 Å². The van der Waals surface area contributed by atoms with Gasteiger partial charge in [0.05, 0.1) is 0 Å². The van der Waals surface area contributed by atoms with Crippen LogP contribution in [0.3, 0.4) is 0 Å². The standard InChI is InChI=1S/C22H27N3O3S/c1-3-4-19(22(28)25-11-9-20-18(14-25)10-12-29-20)24-21(27)17-7-5-16(6-8-17)13-23-15(2)26/h5-8,10,12,19H,3-4,9,11,13-14H2,1-2H3,(H,23,26)(H,24,27). The zero-order chi connectivity index (χ0) is 20.8. The van der Waals surface area contributed by atoms with Crippen molar-refractivity contribution in [2.45, 2.75) is 52.2 Å². The normalized spacial score (nSPS) is 14.1. The Kier molecular flexibility index (Phi) is 7.04. The van der Waals surface area contributed by atoms with Crippen LogP contribution < -0.4 is 10.6 Å². The third kappa shape index (κ3) is 5.44. The van der Waals surface area contributed by atoms with Crippen molar-refractivity contribution < 1.29 is 14.4 Å². The number of fused-ring (bicyclic) bond motifs is 1. The first-order chi connectivity index (χ1) is 14.0. The van der Waals surface area contributed by atoms with Gasteiger partial charge in [-0.05, 0) is 47.5 Å². The number of carbonyl (C=O) groups excluding carboxylic acids is 3. The second-order valence-corrected chi connectivity index (χ2v) is 8.30. The van der Waals surface area contributed by atoms with Gasteiger partial charge >= 0.3 is 0 Å². The minimum absolute atomic E-state index is 0.0145. The fourth-order valence-corrected chi connectivity index (χ4v) is 4.33. The molecule has 1 unspecified atom stereocenters. The van der Waals surface area contributed by atoms with Crippen LogP contribution in [0, 0.1) is 0 Å². The quantitative estimate of drug-likeness (QED) is 0.733. The predicted octanol–water partition coefficient (Wildman–Crippen LogP) is 2.87. The van der Waals surface area contributed by atoms with Crippen LogP contribution in [0.4, 0.5) is 0 Å². The van der Waals surface area contributed by atoms with Crippen molar-refractivity contribution in [3.63, 3.8) is 0 Å². The van der Waals surface area contributed by atoms with E-state index in [1.54, 1.807) is 23.5 Å². The van der Waals surface area contributed by atoms with Crippen molar-refractivity contribution in [3.8, 4) is 0 Å². The van der Waals surface area contributed by atoms with Gasteiger partial charge in [0, 0.05) is 37.0 Å². The van der Waals surface area contributed by atoms with Gasteiger partial charge in [0.1, 0.15) is 6.04 Å². The average molecular weight is 414 g/mol. The highest BCUT2D eigenvalue weighted by molar-refractivity contribution is 7.10. The van der Waals surface area contributed by atoms with E-state index in [4.69, 9.17) is 0 Å². The Balaban J connectivity index is 1.63. The van der Waals surface area contributed by atoms with Crippen LogP contribution in [0.1, 0.15) is 53.1 Å². The molecule has 1 aliphatic rings. The van der Waals surface area contributed by atoms with Gasteiger partial charge in [-0.25, -0.2) is 0 Å². The number of carbonyl (C=O) groups is 3. The summed E-state index contributed by atoms with van der Waals surface area (Å²) in [4.78, 5) is 40.0. The summed E-state index contributed by atoms with van der Waals surface area (Å²) in [6.07, 6.45) is 2.29. The summed E-state index contributed by atoms with van der Waals surface area (Å²) in [5, 5.41) is 7.72. The first-order valence-corrected chi connectivity index (χ1v) is 10.8. The number of amides is 3. The van der Waals surface area contributed by atoms with Gasteiger partial charge in [0.25, 0.3) is 5.91 Å². The van der Waals surface area contributed by atoms with E-state index in [9.17, 15) is 14.4 Å². The maximum absolute atomic E-state index is 13.1. The van der Waals surface area contributed by atoms with Gasteiger partial charge in [-0.2, -0.15) is 0 Å². The molecule has 154 valence electrons. The van der Waals surface area contributed by atoms with Gasteiger partial charge in [0.2, 0.25) is 11.8 Å². The average Bonchev–Trinajstić information content (AvgIpc) is 3.19. The van der Waals surface area contributed by atoms with Gasteiger partial charge < -0.3 is 15.5 Å². The van der Waals surface area contributed by atoms with Gasteiger partial charge in [-0.1, -0.05) is 25.5 Å². The molecule has 0 bridgehead atoms. The van der Waals surface area contributed by atoms with E-state index in [0.717, 1.165) is 18.4 Å². The van der Waals surface area contributed by atoms with Crippen molar-refractivity contribution >= 4 is 29.1 Å². The summed E-state index contributed by atoms with van der Waals surface area (Å²) < 4.78 is 0. The fraction of sp³-hybridized carbons (Fsp3) is 0.409. The lowest BCUT2D eigenvalue weighted by Crippen LogP contribution is -2.49. The number of thiophene rings is 1. The number of hydrogen-bond donors (Lipinski definition) is 2. The van der Waals surface area contributed by atoms with Gasteiger partial charge in [-0.15, -0.1) is 11.3 Å². The van der Waals surface area contributed by atoms with E-state index in [1.807, 2.05) is 24.0 Å². The summed E-state index contributed by atoms with van der Waals surface area (Å²) in [7, 11) is 0. The molecule has 0 fully saturated rings. The topological polar surface area (TPSA) is 78.5 Å². The molecule has 0 spiro atoms. The Morgan fingerprint density at radius 2 is 1.93 bits per heavy atom. The van der Waals surface area contributed by atoms with E-state index in [0.29, 0.717) is 31.6 Å². The van der Waals surface area contributed by atoms with Crippen molar-refractivity contribution in [2.24, 2.45) is 0 Å². The number of hydrogen-bond acceptors (Lipinski definition) is 4. The molecule has 1 aromatic carbocycles. The third-order valence-electron chi connectivity index (χ3n) is 5.06. The molecule has 2 aromatic rings. The highest BCUT2D eigenvalue weighted by Gasteiger charge is 2.28. The molecule has 0 aliphatic carbocycles. The minimum Gasteiger partial charge on any atom is -0.352 e. The SMILES string of the molecule is CCCC(NC(=O)c1ccc(CNC(C)=O)cc1)C(=O)N1CCc2sccc2C1. The van der Waals surface area contributed by atoms with Crippen molar-refractivity contribution in [1.29, 1.82) is 0 Å². The van der Waals surface area contributed by atoms with E-state index in [2.05, 4.69) is 22.1 Å². The summed E-state index contributed by atoms with van der Waals surface area (Å²) in [6.45, 7) is 5.21. The van der Waals surface area contributed by atoms with Crippen LogP contribution in [-0.2, 0) is 29.1 Å². The van der Waals surface area contributed by atoms with Gasteiger partial charge in [0.15, 0.2) is 0 Å². The first-order valence-electron chi connectivity index (χ1n) is 9.96. The molecule has 3 amide bonds. The molecular weight excluding hydrogens is 386 g/mol. The molecular formula is C22H27N3O3S. The highest BCUT2D eigenvalue weighted by atomic mass is 32.1. The Hall–Kier alpha value is -2.67. The summed E-state index contributed by atoms with van der Waals surface area (Å²) in [5.74, 6) is -0.365. The van der Waals surface area contributed by atoms with Crippen LogP contribution >= 0.6 is 11.3 Å². The monoisotopic (exact) mass is 413 g/mol. The smallest absolute Gasteiger partial charge is 0.251 e. The van der Waals surface area contributed by atoms with Crippen molar-refractivity contribution in [3.05, 3.63) is 57.3 Å². The second kappa shape index (κ2) is 9.69. The lowest BCUT2D eigenvalue weighted by molar-refractivity contribution is -0.134. The van der Waals surface area contributed by atoms with E-state index in [1.165, 1.54) is 17.4 Å². The molecule has 0 radical (unpaired) electrons. The number of rotatable bonds is 7. The Bertz CT molecular complexity index is 876. The molecule has 7 heteroatoms. The summed E-state index contributed by atoms with van der Waals surface area (Å²) in [5.41, 5.74) is 2.63. The molecule has 0 saturated carbocycles. The second-order valence-electron chi connectivity index (χ2n) is 7.30. The summed E-state index contributed by atoms with van der Waals surface area (Å²) in [6, 6.07) is 8.62. The lowest BCUT2D eigenvalue weighted by Gasteiger charge is -2.31. The maximum Gasteiger partial charge on any atom is 0.251 e. The molecule has 2 N–H and O–H groups in total. The zero-order valence-electron chi connectivity index (χ0n) is 16.9. The van der Waals surface area contributed by atoms with Crippen LogP contribution in [-0.4, -0.2) is 35.2 Å². The predicted molar refractivity (Wildman–Crippen MR) is 114 cm³/mol. The molecule has 3 rings (SSSR count). The van der Waals surface area contributed by atoms with Crippen LogP contribution in [0.25, 0.3) is 0 Å². The van der Waals surface area contributed by atoms with E-state index >= 15 is 0 Å². The van der Waals surface area contributed by atoms with Crippen LogP contribution in [0.2, 0.25) is 0 Å². The molecule has 6 nitrogen and oxygen atoms in total. The molecule has 0 saturated heterocycles. The van der Waals surface area contributed by atoms with E-state index in [-0.39, 0.29) is 17.7 Å². The zero-order valence-corrected chi connectivity index (χ0v) is 17.7. The Morgan fingerprint density at radius 3 is 2.62 bits per heavy atom. The largest absolute Gasteiger partial charge is 0.352 e. The molecule has 2 heterocycles. The highest BCUT2D eigenvalue weighted by Crippen LogP contribution is 2.24. The molecule has 29 heavy (non-hydrogen) atoms. The molecule has 1 atom stereocenters. The first kappa shape index (κ1) is 21.0. The maximum atomic E-state index is 13.1. The fourth-order valence-electron chi connectivity index (χ4n) is 3.45. The molecule has 1 aromatic heterocycles. The van der Waals surface area contributed by atoms with E-state index < -0.39 is 6.04 Å². The molecule has 1 aliphatic heterocycles. The number of nitrogens with one attached hydrogen (secondary N) is 2. The van der Waals surface area contributed by atoms with Crippen molar-refractivity contribution in [2.75, 3.05) is 6.54 Å². The Labute approximate surface area is 175 Å². The Morgan fingerprint density at radius 1 is 1.17 bits per heavy atom. The van der Waals surface area contributed by atoms with Crippen molar-refractivity contribution in [1.82, 2.24) is 15.5 Å². The number of benzene rings is 1. The summed E-state index contributed by atoms with van der Waals surface area (Å²) >= 11 is 1.74.